The third-order valence-electron chi connectivity index (χ3n) is 2.62. The number of phenols is 1. The van der Waals surface area contributed by atoms with E-state index in [1.807, 2.05) is 6.07 Å². The van der Waals surface area contributed by atoms with Gasteiger partial charge in [-0.1, -0.05) is 12.1 Å². The first-order valence-electron chi connectivity index (χ1n) is 5.62. The molecule has 5 heteroatoms. The molecule has 1 aromatic carbocycles. The number of benzene rings is 1. The lowest BCUT2D eigenvalue weighted by atomic mass is 10.2. The molecule has 18 heavy (non-hydrogen) atoms. The summed E-state index contributed by atoms with van der Waals surface area (Å²) >= 11 is 0. The van der Waals surface area contributed by atoms with Gasteiger partial charge in [-0.25, -0.2) is 0 Å². The SMILES string of the molecule is Cc1nn(C)cc1C(=O)NCc1cccc(O)c1. The zero-order chi connectivity index (χ0) is 13.1. The average molecular weight is 245 g/mol. The van der Waals surface area contributed by atoms with E-state index in [1.165, 1.54) is 0 Å². The number of aryl methyl sites for hydroxylation is 2. The number of carbonyl (C=O) groups is 1. The van der Waals surface area contributed by atoms with Crippen molar-refractivity contribution in [1.29, 1.82) is 0 Å². The molecule has 0 saturated heterocycles. The van der Waals surface area contributed by atoms with E-state index in [-0.39, 0.29) is 11.7 Å². The summed E-state index contributed by atoms with van der Waals surface area (Å²) in [6, 6.07) is 6.80. The van der Waals surface area contributed by atoms with E-state index in [4.69, 9.17) is 0 Å². The van der Waals surface area contributed by atoms with Crippen molar-refractivity contribution in [3.05, 3.63) is 47.3 Å². The summed E-state index contributed by atoms with van der Waals surface area (Å²) in [5.74, 6) is 0.0308. The lowest BCUT2D eigenvalue weighted by Crippen LogP contribution is -2.23. The molecule has 0 fully saturated rings. The quantitative estimate of drug-likeness (QED) is 0.858. The number of phenolic OH excluding ortho intramolecular Hbond substituents is 1. The van der Waals surface area contributed by atoms with E-state index in [0.717, 1.165) is 5.56 Å². The van der Waals surface area contributed by atoms with Crippen LogP contribution in [0.5, 0.6) is 5.75 Å². The second-order valence-corrected chi connectivity index (χ2v) is 4.15. The Morgan fingerprint density at radius 1 is 1.50 bits per heavy atom. The predicted molar refractivity (Wildman–Crippen MR) is 67.2 cm³/mol. The molecule has 0 radical (unpaired) electrons. The van der Waals surface area contributed by atoms with E-state index >= 15 is 0 Å². The molecule has 0 aliphatic rings. The summed E-state index contributed by atoms with van der Waals surface area (Å²) in [4.78, 5) is 11.9. The van der Waals surface area contributed by atoms with Crippen LogP contribution in [0.25, 0.3) is 0 Å². The number of rotatable bonds is 3. The zero-order valence-electron chi connectivity index (χ0n) is 10.3. The van der Waals surface area contributed by atoms with Gasteiger partial charge in [0.2, 0.25) is 0 Å². The van der Waals surface area contributed by atoms with Gasteiger partial charge in [0.15, 0.2) is 0 Å². The van der Waals surface area contributed by atoms with Gasteiger partial charge in [-0.05, 0) is 24.6 Å². The van der Waals surface area contributed by atoms with Crippen LogP contribution in [0, 0.1) is 6.92 Å². The molecule has 0 atom stereocenters. The molecule has 1 aromatic heterocycles. The summed E-state index contributed by atoms with van der Waals surface area (Å²) in [6.45, 7) is 2.17. The molecular weight excluding hydrogens is 230 g/mol. The third-order valence-corrected chi connectivity index (χ3v) is 2.62. The summed E-state index contributed by atoms with van der Waals surface area (Å²) in [5.41, 5.74) is 2.12. The number of aromatic nitrogens is 2. The number of carbonyl (C=O) groups excluding carboxylic acids is 1. The Morgan fingerprint density at radius 2 is 2.28 bits per heavy atom. The van der Waals surface area contributed by atoms with Crippen LogP contribution in [-0.2, 0) is 13.6 Å². The molecule has 0 bridgehead atoms. The molecule has 0 unspecified atom stereocenters. The van der Waals surface area contributed by atoms with Crippen LogP contribution >= 0.6 is 0 Å². The molecule has 2 aromatic rings. The van der Waals surface area contributed by atoms with E-state index in [1.54, 1.807) is 43.0 Å². The Bertz CT molecular complexity index is 575. The molecule has 0 aliphatic carbocycles. The van der Waals surface area contributed by atoms with Crippen LogP contribution in [0.2, 0.25) is 0 Å². The zero-order valence-corrected chi connectivity index (χ0v) is 10.3. The number of nitrogens with one attached hydrogen (secondary N) is 1. The molecule has 1 amide bonds. The van der Waals surface area contributed by atoms with Gasteiger partial charge in [-0.2, -0.15) is 5.10 Å². The molecule has 5 nitrogen and oxygen atoms in total. The Labute approximate surface area is 105 Å². The van der Waals surface area contributed by atoms with Gasteiger partial charge < -0.3 is 10.4 Å². The Balaban J connectivity index is 2.03. The molecule has 0 spiro atoms. The van der Waals surface area contributed by atoms with Crippen molar-refractivity contribution in [2.45, 2.75) is 13.5 Å². The van der Waals surface area contributed by atoms with Crippen molar-refractivity contribution < 1.29 is 9.90 Å². The smallest absolute Gasteiger partial charge is 0.255 e. The third kappa shape index (κ3) is 2.68. The summed E-state index contributed by atoms with van der Waals surface area (Å²) < 4.78 is 1.61. The highest BCUT2D eigenvalue weighted by Crippen LogP contribution is 2.11. The highest BCUT2D eigenvalue weighted by atomic mass is 16.3. The van der Waals surface area contributed by atoms with Crippen molar-refractivity contribution in [2.24, 2.45) is 7.05 Å². The first kappa shape index (κ1) is 12.2. The Kier molecular flexibility index (Phi) is 3.32. The molecule has 94 valence electrons. The minimum Gasteiger partial charge on any atom is -0.508 e. The van der Waals surface area contributed by atoms with Crippen LogP contribution in [0.3, 0.4) is 0 Å². The van der Waals surface area contributed by atoms with Gasteiger partial charge in [0, 0.05) is 19.8 Å². The topological polar surface area (TPSA) is 67.2 Å². The van der Waals surface area contributed by atoms with Crippen LogP contribution < -0.4 is 5.32 Å². The summed E-state index contributed by atoms with van der Waals surface area (Å²) in [7, 11) is 1.78. The second kappa shape index (κ2) is 4.91. The molecule has 1 heterocycles. The van der Waals surface area contributed by atoms with Gasteiger partial charge in [0.05, 0.1) is 11.3 Å². The highest BCUT2D eigenvalue weighted by molar-refractivity contribution is 5.94. The monoisotopic (exact) mass is 245 g/mol. The number of hydrogen-bond donors (Lipinski definition) is 2. The number of hydrogen-bond acceptors (Lipinski definition) is 3. The predicted octanol–water partition coefficient (Wildman–Crippen LogP) is 1.36. The van der Waals surface area contributed by atoms with Crippen molar-refractivity contribution in [3.8, 4) is 5.75 Å². The highest BCUT2D eigenvalue weighted by Gasteiger charge is 2.11. The summed E-state index contributed by atoms with van der Waals surface area (Å²) in [6.07, 6.45) is 1.69. The molecule has 2 N–H and O–H groups in total. The molecule has 0 aliphatic heterocycles. The van der Waals surface area contributed by atoms with Crippen molar-refractivity contribution in [2.75, 3.05) is 0 Å². The Hall–Kier alpha value is -2.30. The normalized spacial score (nSPS) is 10.3. The fourth-order valence-electron chi connectivity index (χ4n) is 1.77. The number of nitrogens with zero attached hydrogens (tertiary/aromatic N) is 2. The van der Waals surface area contributed by atoms with Crippen molar-refractivity contribution >= 4 is 5.91 Å². The lowest BCUT2D eigenvalue weighted by molar-refractivity contribution is 0.0950. The van der Waals surface area contributed by atoms with Gasteiger partial charge in [-0.3, -0.25) is 9.48 Å². The standard InChI is InChI=1S/C13H15N3O2/c1-9-12(8-16(2)15-9)13(18)14-7-10-4-3-5-11(17)6-10/h3-6,8,17H,7H2,1-2H3,(H,14,18). The molecular formula is C13H15N3O2. The second-order valence-electron chi connectivity index (χ2n) is 4.15. The van der Waals surface area contributed by atoms with Gasteiger partial charge >= 0.3 is 0 Å². The first-order valence-corrected chi connectivity index (χ1v) is 5.62. The maximum absolute atomic E-state index is 11.9. The first-order chi connectivity index (χ1) is 8.56. The summed E-state index contributed by atoms with van der Waals surface area (Å²) in [5, 5.41) is 16.2. The largest absolute Gasteiger partial charge is 0.508 e. The van der Waals surface area contributed by atoms with Gasteiger partial charge in [0.1, 0.15) is 5.75 Å². The molecule has 2 rings (SSSR count). The van der Waals surface area contributed by atoms with Crippen LogP contribution in [0.1, 0.15) is 21.6 Å². The van der Waals surface area contributed by atoms with Crippen molar-refractivity contribution in [3.63, 3.8) is 0 Å². The van der Waals surface area contributed by atoms with E-state index in [9.17, 15) is 9.90 Å². The number of aromatic hydroxyl groups is 1. The maximum Gasteiger partial charge on any atom is 0.255 e. The lowest BCUT2D eigenvalue weighted by Gasteiger charge is -2.04. The van der Waals surface area contributed by atoms with E-state index in [0.29, 0.717) is 17.8 Å². The van der Waals surface area contributed by atoms with Crippen LogP contribution in [0.15, 0.2) is 30.5 Å². The minimum atomic E-state index is -0.163. The van der Waals surface area contributed by atoms with Crippen LogP contribution in [0.4, 0.5) is 0 Å². The minimum absolute atomic E-state index is 0.163. The molecule has 0 saturated carbocycles. The van der Waals surface area contributed by atoms with E-state index < -0.39 is 0 Å². The Morgan fingerprint density at radius 3 is 2.89 bits per heavy atom. The van der Waals surface area contributed by atoms with Crippen molar-refractivity contribution in [1.82, 2.24) is 15.1 Å². The fraction of sp³-hybridized carbons (Fsp3) is 0.231. The van der Waals surface area contributed by atoms with Gasteiger partial charge in [-0.15, -0.1) is 0 Å². The van der Waals surface area contributed by atoms with Crippen LogP contribution in [-0.4, -0.2) is 20.8 Å². The van der Waals surface area contributed by atoms with Gasteiger partial charge in [0.25, 0.3) is 5.91 Å². The van der Waals surface area contributed by atoms with E-state index in [2.05, 4.69) is 10.4 Å². The number of amides is 1. The maximum atomic E-state index is 11.9. The fourth-order valence-corrected chi connectivity index (χ4v) is 1.77. The average Bonchev–Trinajstić information content (AvgIpc) is 2.66.